The third-order valence-electron chi connectivity index (χ3n) is 2.04. The summed E-state index contributed by atoms with van der Waals surface area (Å²) in [6.45, 7) is 0. The van der Waals surface area contributed by atoms with Crippen molar-refractivity contribution in [3.63, 3.8) is 0 Å². The molecule has 1 heterocycles. The van der Waals surface area contributed by atoms with Crippen molar-refractivity contribution in [2.45, 2.75) is 0 Å². The van der Waals surface area contributed by atoms with Crippen LogP contribution < -0.4 is 15.2 Å². The van der Waals surface area contributed by atoms with Crippen LogP contribution in [0.15, 0.2) is 28.9 Å². The van der Waals surface area contributed by atoms with Crippen molar-refractivity contribution in [3.05, 3.63) is 33.9 Å². The molecule has 2 aromatic rings. The van der Waals surface area contributed by atoms with Crippen LogP contribution in [0.5, 0.6) is 17.6 Å². The Morgan fingerprint density at radius 1 is 1.39 bits per heavy atom. The van der Waals surface area contributed by atoms with Gasteiger partial charge in [-0.1, -0.05) is 11.6 Å². The van der Waals surface area contributed by atoms with E-state index in [4.69, 9.17) is 26.8 Å². The normalized spacial score (nSPS) is 10.2. The summed E-state index contributed by atoms with van der Waals surface area (Å²) in [5.41, 5.74) is 6.19. The summed E-state index contributed by atoms with van der Waals surface area (Å²) in [5.74, 6) is 0.765. The number of halogens is 2. The predicted octanol–water partition coefficient (Wildman–Crippen LogP) is 3.28. The number of nitrogens with two attached hydrogens (primary N) is 1. The second-order valence-corrected chi connectivity index (χ2v) is 4.56. The van der Waals surface area contributed by atoms with Gasteiger partial charge in [-0.25, -0.2) is 4.98 Å². The maximum Gasteiger partial charge on any atom is 0.325 e. The third-order valence-corrected chi connectivity index (χ3v) is 2.90. The van der Waals surface area contributed by atoms with Crippen LogP contribution in [0.4, 0.5) is 5.69 Å². The van der Waals surface area contributed by atoms with Crippen LogP contribution in [-0.2, 0) is 0 Å². The Labute approximate surface area is 117 Å². The number of hydrogen-bond donors (Lipinski definition) is 1. The van der Waals surface area contributed by atoms with Gasteiger partial charge in [0.2, 0.25) is 5.88 Å². The molecule has 0 saturated heterocycles. The number of nitrogen functional groups attached to an aromatic ring is 1. The molecule has 0 fully saturated rings. The van der Waals surface area contributed by atoms with Gasteiger partial charge in [-0.15, -0.1) is 0 Å². The molecule has 7 heteroatoms. The van der Waals surface area contributed by atoms with Gasteiger partial charge in [0.05, 0.1) is 22.8 Å². The van der Waals surface area contributed by atoms with Gasteiger partial charge in [-0.2, -0.15) is 4.98 Å². The first-order valence-corrected chi connectivity index (χ1v) is 6.06. The van der Waals surface area contributed by atoms with E-state index < -0.39 is 0 Å². The molecule has 0 amide bonds. The topological polar surface area (TPSA) is 70.3 Å². The van der Waals surface area contributed by atoms with Crippen LogP contribution in [0.2, 0.25) is 5.02 Å². The summed E-state index contributed by atoms with van der Waals surface area (Å²) in [6.07, 6.45) is 1.53. The van der Waals surface area contributed by atoms with Gasteiger partial charge in [0.1, 0.15) is 0 Å². The molecule has 0 bridgehead atoms. The predicted molar refractivity (Wildman–Crippen MR) is 72.2 cm³/mol. The van der Waals surface area contributed by atoms with Gasteiger partial charge in [0, 0.05) is 11.8 Å². The van der Waals surface area contributed by atoms with E-state index in [1.165, 1.54) is 13.3 Å². The van der Waals surface area contributed by atoms with Crippen molar-refractivity contribution >= 4 is 33.2 Å². The lowest BCUT2D eigenvalue weighted by Crippen LogP contribution is -1.96. The molecule has 0 atom stereocenters. The van der Waals surface area contributed by atoms with Gasteiger partial charge >= 0.3 is 6.01 Å². The van der Waals surface area contributed by atoms with Gasteiger partial charge in [-0.05, 0) is 28.1 Å². The Hall–Kier alpha value is -1.53. The Balaban J connectivity index is 2.31. The first kappa shape index (κ1) is 12.9. The molecule has 0 aliphatic heterocycles. The van der Waals surface area contributed by atoms with Crippen molar-refractivity contribution < 1.29 is 9.47 Å². The quantitative estimate of drug-likeness (QED) is 0.875. The zero-order valence-electron chi connectivity index (χ0n) is 9.35. The van der Waals surface area contributed by atoms with Crippen LogP contribution >= 0.6 is 27.5 Å². The van der Waals surface area contributed by atoms with E-state index >= 15 is 0 Å². The average molecular weight is 331 g/mol. The Morgan fingerprint density at radius 3 is 2.89 bits per heavy atom. The van der Waals surface area contributed by atoms with Crippen molar-refractivity contribution in [3.8, 4) is 17.6 Å². The minimum Gasteiger partial charge on any atom is -0.480 e. The molecular weight excluding hydrogens is 321 g/mol. The largest absolute Gasteiger partial charge is 0.480 e. The summed E-state index contributed by atoms with van der Waals surface area (Å²) in [7, 11) is 1.50. The number of benzene rings is 1. The smallest absolute Gasteiger partial charge is 0.325 e. The number of methoxy groups -OCH3 is 1. The van der Waals surface area contributed by atoms with Crippen LogP contribution in [0.1, 0.15) is 0 Å². The Morgan fingerprint density at radius 2 is 2.17 bits per heavy atom. The molecule has 0 unspecified atom stereocenters. The zero-order chi connectivity index (χ0) is 13.1. The lowest BCUT2D eigenvalue weighted by Gasteiger charge is -2.08. The van der Waals surface area contributed by atoms with E-state index in [2.05, 4.69) is 25.9 Å². The molecule has 0 radical (unpaired) electrons. The summed E-state index contributed by atoms with van der Waals surface area (Å²) in [6, 6.07) is 5.04. The van der Waals surface area contributed by atoms with E-state index in [0.29, 0.717) is 26.8 Å². The third kappa shape index (κ3) is 2.83. The molecule has 2 rings (SSSR count). The molecule has 5 nitrogen and oxygen atoms in total. The Bertz CT molecular complexity index is 580. The molecular formula is C11H9BrClN3O2. The molecule has 0 spiro atoms. The van der Waals surface area contributed by atoms with Gasteiger partial charge < -0.3 is 15.2 Å². The lowest BCUT2D eigenvalue weighted by molar-refractivity contribution is 0.373. The molecule has 1 aromatic carbocycles. The molecule has 0 aliphatic rings. The maximum absolute atomic E-state index is 5.97. The summed E-state index contributed by atoms with van der Waals surface area (Å²) in [5, 5.41) is 0.426. The SMILES string of the molecule is COc1nc(Oc2cc(N)ccc2Cl)ncc1Br. The van der Waals surface area contributed by atoms with Crippen molar-refractivity contribution in [2.24, 2.45) is 0 Å². The van der Waals surface area contributed by atoms with Crippen molar-refractivity contribution in [1.82, 2.24) is 9.97 Å². The highest BCUT2D eigenvalue weighted by molar-refractivity contribution is 9.10. The molecule has 2 N–H and O–H groups in total. The number of aromatic nitrogens is 2. The molecule has 0 saturated carbocycles. The lowest BCUT2D eigenvalue weighted by atomic mass is 10.3. The number of rotatable bonds is 3. The minimum absolute atomic E-state index is 0.127. The minimum atomic E-state index is 0.127. The summed E-state index contributed by atoms with van der Waals surface area (Å²) < 4.78 is 11.1. The highest BCUT2D eigenvalue weighted by Gasteiger charge is 2.09. The van der Waals surface area contributed by atoms with E-state index in [1.807, 2.05) is 0 Å². The number of ether oxygens (including phenoxy) is 2. The fourth-order valence-electron chi connectivity index (χ4n) is 1.23. The molecule has 0 aliphatic carbocycles. The summed E-state index contributed by atoms with van der Waals surface area (Å²) in [4.78, 5) is 8.05. The Kier molecular flexibility index (Phi) is 3.88. The number of hydrogen-bond acceptors (Lipinski definition) is 5. The monoisotopic (exact) mass is 329 g/mol. The standard InChI is InChI=1S/C11H9BrClN3O2/c1-17-10-7(12)5-15-11(16-10)18-9-4-6(14)2-3-8(9)13/h2-5H,14H2,1H3. The fraction of sp³-hybridized carbons (Fsp3) is 0.0909. The van der Waals surface area contributed by atoms with Gasteiger partial charge in [0.15, 0.2) is 5.75 Å². The summed E-state index contributed by atoms with van der Waals surface area (Å²) >= 11 is 9.22. The van der Waals surface area contributed by atoms with Crippen LogP contribution in [0, 0.1) is 0 Å². The first-order valence-electron chi connectivity index (χ1n) is 4.89. The highest BCUT2D eigenvalue weighted by atomic mass is 79.9. The second kappa shape index (κ2) is 5.41. The van der Waals surface area contributed by atoms with Crippen LogP contribution in [0.25, 0.3) is 0 Å². The van der Waals surface area contributed by atoms with E-state index in [-0.39, 0.29) is 6.01 Å². The number of nitrogens with zero attached hydrogens (tertiary/aromatic N) is 2. The first-order chi connectivity index (χ1) is 8.60. The highest BCUT2D eigenvalue weighted by Crippen LogP contribution is 2.31. The van der Waals surface area contributed by atoms with Gasteiger partial charge in [-0.3, -0.25) is 0 Å². The maximum atomic E-state index is 5.97. The van der Waals surface area contributed by atoms with Crippen molar-refractivity contribution in [2.75, 3.05) is 12.8 Å². The average Bonchev–Trinajstić information content (AvgIpc) is 2.36. The van der Waals surface area contributed by atoms with Crippen molar-refractivity contribution in [1.29, 1.82) is 0 Å². The van der Waals surface area contributed by atoms with E-state index in [0.717, 1.165) is 0 Å². The molecule has 94 valence electrons. The molecule has 18 heavy (non-hydrogen) atoms. The van der Waals surface area contributed by atoms with Crippen LogP contribution in [0.3, 0.4) is 0 Å². The zero-order valence-corrected chi connectivity index (χ0v) is 11.7. The van der Waals surface area contributed by atoms with Crippen LogP contribution in [-0.4, -0.2) is 17.1 Å². The molecule has 1 aromatic heterocycles. The second-order valence-electron chi connectivity index (χ2n) is 3.30. The van der Waals surface area contributed by atoms with Gasteiger partial charge in [0.25, 0.3) is 0 Å². The fourth-order valence-corrected chi connectivity index (χ4v) is 1.73. The van der Waals surface area contributed by atoms with E-state index in [9.17, 15) is 0 Å². The van der Waals surface area contributed by atoms with E-state index in [1.54, 1.807) is 18.2 Å². The number of anilines is 1.